The molecule has 1 amide bonds. The highest BCUT2D eigenvalue weighted by atomic mass is 32.2. The maximum Gasteiger partial charge on any atom is 0.254 e. The summed E-state index contributed by atoms with van der Waals surface area (Å²) >= 11 is 3.35. The Morgan fingerprint density at radius 2 is 2.12 bits per heavy atom. The van der Waals surface area contributed by atoms with Gasteiger partial charge in [0, 0.05) is 36.6 Å². The van der Waals surface area contributed by atoms with Crippen LogP contribution in [0.1, 0.15) is 21.1 Å². The van der Waals surface area contributed by atoms with Gasteiger partial charge in [0.25, 0.3) is 5.91 Å². The summed E-state index contributed by atoms with van der Waals surface area (Å²) in [6.45, 7) is 3.31. The smallest absolute Gasteiger partial charge is 0.254 e. The number of nitrogens with zero attached hydrogens (tertiary/aromatic N) is 4. The average Bonchev–Trinajstić information content (AvgIpc) is 3.08. The molecule has 2 aromatic rings. The van der Waals surface area contributed by atoms with Crippen LogP contribution in [0.5, 0.6) is 0 Å². The van der Waals surface area contributed by atoms with E-state index in [1.54, 1.807) is 35.5 Å². The van der Waals surface area contributed by atoms with Gasteiger partial charge in [-0.3, -0.25) is 4.79 Å². The van der Waals surface area contributed by atoms with Crippen molar-refractivity contribution in [3.8, 4) is 0 Å². The molecule has 9 heteroatoms. The molecule has 2 aromatic heterocycles. The number of anilines is 1. The van der Waals surface area contributed by atoms with E-state index >= 15 is 0 Å². The molecule has 1 N–H and O–H groups in total. The van der Waals surface area contributed by atoms with Crippen molar-refractivity contribution in [3.63, 3.8) is 0 Å². The van der Waals surface area contributed by atoms with Crippen molar-refractivity contribution >= 4 is 35.0 Å². The molecule has 0 unspecified atom stereocenters. The zero-order valence-electron chi connectivity index (χ0n) is 13.4. The summed E-state index contributed by atoms with van der Waals surface area (Å²) in [5, 5.41) is 5.90. The highest BCUT2D eigenvalue weighted by molar-refractivity contribution is 7.97. The summed E-state index contributed by atoms with van der Waals surface area (Å²) in [5.74, 6) is 1.34. The number of thiazole rings is 1. The van der Waals surface area contributed by atoms with E-state index in [1.165, 1.54) is 0 Å². The van der Waals surface area contributed by atoms with Crippen LogP contribution in [0.25, 0.3) is 0 Å². The van der Waals surface area contributed by atoms with E-state index in [4.69, 9.17) is 4.74 Å². The molecule has 128 valence electrons. The van der Waals surface area contributed by atoms with Crippen LogP contribution in [0.15, 0.2) is 17.8 Å². The van der Waals surface area contributed by atoms with Crippen molar-refractivity contribution in [1.82, 2.24) is 20.3 Å². The van der Waals surface area contributed by atoms with E-state index in [9.17, 15) is 4.79 Å². The Bertz CT molecular complexity index is 671. The van der Waals surface area contributed by atoms with Crippen LogP contribution in [-0.2, 0) is 17.0 Å². The number of hydrogen-bond acceptors (Lipinski definition) is 8. The first-order valence-electron chi connectivity index (χ1n) is 7.61. The third-order valence-corrected chi connectivity index (χ3v) is 5.13. The SMILES string of the molecule is CSCc1nc(CNC(=O)c2cnc(N3CCOCC3)nc2)cs1. The molecular formula is C15H19N5O2S2. The van der Waals surface area contributed by atoms with Gasteiger partial charge in [0.2, 0.25) is 5.95 Å². The van der Waals surface area contributed by atoms with E-state index < -0.39 is 0 Å². The third kappa shape index (κ3) is 4.43. The van der Waals surface area contributed by atoms with Crippen LogP contribution < -0.4 is 10.2 Å². The highest BCUT2D eigenvalue weighted by Crippen LogP contribution is 2.15. The summed E-state index contributed by atoms with van der Waals surface area (Å²) in [4.78, 5) is 27.3. The molecule has 3 heterocycles. The Morgan fingerprint density at radius 3 is 2.83 bits per heavy atom. The van der Waals surface area contributed by atoms with Gasteiger partial charge in [-0.25, -0.2) is 15.0 Å². The lowest BCUT2D eigenvalue weighted by Gasteiger charge is -2.26. The van der Waals surface area contributed by atoms with Crippen LogP contribution >= 0.6 is 23.1 Å². The maximum atomic E-state index is 12.2. The average molecular weight is 365 g/mol. The van der Waals surface area contributed by atoms with Gasteiger partial charge in [-0.15, -0.1) is 11.3 Å². The fourth-order valence-electron chi connectivity index (χ4n) is 2.26. The molecule has 0 atom stereocenters. The Morgan fingerprint density at radius 1 is 1.38 bits per heavy atom. The van der Waals surface area contributed by atoms with Gasteiger partial charge in [0.1, 0.15) is 5.01 Å². The van der Waals surface area contributed by atoms with E-state index in [-0.39, 0.29) is 5.91 Å². The zero-order chi connectivity index (χ0) is 16.8. The van der Waals surface area contributed by atoms with Gasteiger partial charge in [-0.05, 0) is 6.26 Å². The Balaban J connectivity index is 1.54. The Hall–Kier alpha value is -1.71. The van der Waals surface area contributed by atoms with Crippen molar-refractivity contribution in [3.05, 3.63) is 34.0 Å². The lowest BCUT2D eigenvalue weighted by Crippen LogP contribution is -2.37. The number of ether oxygens (including phenoxy) is 1. The molecule has 0 aliphatic carbocycles. The number of morpholine rings is 1. The van der Waals surface area contributed by atoms with Crippen LogP contribution in [0.2, 0.25) is 0 Å². The van der Waals surface area contributed by atoms with E-state index in [0.717, 1.165) is 29.5 Å². The maximum absolute atomic E-state index is 12.2. The molecule has 1 aliphatic rings. The van der Waals surface area contributed by atoms with Gasteiger partial charge < -0.3 is 15.0 Å². The second-order valence-corrected chi connectivity index (χ2v) is 7.03. The molecule has 0 radical (unpaired) electrons. The molecular weight excluding hydrogens is 346 g/mol. The second-order valence-electron chi connectivity index (χ2n) is 5.22. The summed E-state index contributed by atoms with van der Waals surface area (Å²) in [5.41, 5.74) is 1.33. The van der Waals surface area contributed by atoms with Crippen LogP contribution in [0.3, 0.4) is 0 Å². The second kappa shape index (κ2) is 8.41. The predicted molar refractivity (Wildman–Crippen MR) is 95.6 cm³/mol. The first-order valence-corrected chi connectivity index (χ1v) is 9.89. The minimum absolute atomic E-state index is 0.192. The van der Waals surface area contributed by atoms with Crippen LogP contribution in [-0.4, -0.2) is 53.4 Å². The zero-order valence-corrected chi connectivity index (χ0v) is 15.0. The minimum Gasteiger partial charge on any atom is -0.378 e. The van der Waals surface area contributed by atoms with Crippen LogP contribution in [0, 0.1) is 0 Å². The number of amides is 1. The molecule has 1 saturated heterocycles. The lowest BCUT2D eigenvalue weighted by molar-refractivity contribution is 0.0949. The topological polar surface area (TPSA) is 80.2 Å². The molecule has 7 nitrogen and oxygen atoms in total. The van der Waals surface area contributed by atoms with Crippen molar-refractivity contribution in [1.29, 1.82) is 0 Å². The summed E-state index contributed by atoms with van der Waals surface area (Å²) in [6.07, 6.45) is 5.17. The largest absolute Gasteiger partial charge is 0.378 e. The quantitative estimate of drug-likeness (QED) is 0.832. The molecule has 0 saturated carbocycles. The monoisotopic (exact) mass is 365 g/mol. The third-order valence-electron chi connectivity index (χ3n) is 3.49. The molecule has 0 bridgehead atoms. The summed E-state index contributed by atoms with van der Waals surface area (Å²) in [6, 6.07) is 0. The standard InChI is InChI=1S/C15H19N5O2S2/c1-23-10-13-19-12(9-24-13)8-16-14(21)11-6-17-15(18-7-11)20-2-4-22-5-3-20/h6-7,9H,2-5,8,10H2,1H3,(H,16,21). The number of rotatable bonds is 6. The minimum atomic E-state index is -0.192. The normalized spacial score (nSPS) is 14.6. The first-order chi connectivity index (χ1) is 11.8. The molecule has 1 aliphatic heterocycles. The summed E-state index contributed by atoms with van der Waals surface area (Å²) in [7, 11) is 0. The Kier molecular flexibility index (Phi) is 6.00. The summed E-state index contributed by atoms with van der Waals surface area (Å²) < 4.78 is 5.31. The fraction of sp³-hybridized carbons (Fsp3) is 0.467. The lowest BCUT2D eigenvalue weighted by atomic mass is 10.3. The van der Waals surface area contributed by atoms with Crippen molar-refractivity contribution < 1.29 is 9.53 Å². The van der Waals surface area contributed by atoms with E-state index in [2.05, 4.69) is 20.3 Å². The van der Waals surface area contributed by atoms with Crippen molar-refractivity contribution in [2.45, 2.75) is 12.3 Å². The van der Waals surface area contributed by atoms with Gasteiger partial charge in [-0.1, -0.05) is 0 Å². The number of carbonyl (C=O) groups excluding carboxylic acids is 1. The number of aromatic nitrogens is 3. The molecule has 24 heavy (non-hydrogen) atoms. The van der Waals surface area contributed by atoms with Crippen LogP contribution in [0.4, 0.5) is 5.95 Å². The number of carbonyl (C=O) groups is 1. The number of nitrogens with one attached hydrogen (secondary N) is 1. The molecule has 0 spiro atoms. The van der Waals surface area contributed by atoms with Gasteiger partial charge in [0.05, 0.1) is 31.0 Å². The highest BCUT2D eigenvalue weighted by Gasteiger charge is 2.15. The molecule has 3 rings (SSSR count). The van der Waals surface area contributed by atoms with E-state index in [0.29, 0.717) is 31.3 Å². The number of hydrogen-bond donors (Lipinski definition) is 1. The fourth-order valence-corrected chi connectivity index (χ4v) is 3.77. The van der Waals surface area contributed by atoms with Crippen molar-refractivity contribution in [2.75, 3.05) is 37.5 Å². The molecule has 0 aromatic carbocycles. The van der Waals surface area contributed by atoms with Gasteiger partial charge in [-0.2, -0.15) is 11.8 Å². The first kappa shape index (κ1) is 17.1. The van der Waals surface area contributed by atoms with Gasteiger partial charge >= 0.3 is 0 Å². The van der Waals surface area contributed by atoms with Gasteiger partial charge in [0.15, 0.2) is 0 Å². The predicted octanol–water partition coefficient (Wildman–Crippen LogP) is 1.56. The van der Waals surface area contributed by atoms with E-state index in [1.807, 2.05) is 16.5 Å². The molecule has 1 fully saturated rings. The van der Waals surface area contributed by atoms with Crippen molar-refractivity contribution in [2.24, 2.45) is 0 Å². The Labute approximate surface area is 148 Å². The number of thioether (sulfide) groups is 1.